The summed E-state index contributed by atoms with van der Waals surface area (Å²) in [5, 5.41) is 5.73. The van der Waals surface area contributed by atoms with Crippen LogP contribution in [0.3, 0.4) is 0 Å². The number of anilines is 1. The molecule has 4 heterocycles. The first-order valence-corrected chi connectivity index (χ1v) is 7.85. The number of aromatic nitrogens is 4. The van der Waals surface area contributed by atoms with Crippen LogP contribution in [0.15, 0.2) is 0 Å². The zero-order chi connectivity index (χ0) is 13.9. The molecule has 1 fully saturated rings. The minimum absolute atomic E-state index is 0.808. The zero-order valence-corrected chi connectivity index (χ0v) is 12.8. The van der Waals surface area contributed by atoms with Crippen LogP contribution in [-0.4, -0.2) is 32.7 Å². The van der Waals surface area contributed by atoms with Crippen LogP contribution in [0.5, 0.6) is 0 Å². The van der Waals surface area contributed by atoms with Crippen molar-refractivity contribution in [2.75, 3.05) is 18.0 Å². The molecule has 1 aliphatic heterocycles. The molecule has 1 saturated heterocycles. The highest BCUT2D eigenvalue weighted by atomic mass is 32.1. The van der Waals surface area contributed by atoms with Gasteiger partial charge in [0, 0.05) is 18.0 Å². The highest BCUT2D eigenvalue weighted by molar-refractivity contribution is 7.18. The maximum atomic E-state index is 4.89. The van der Waals surface area contributed by atoms with Crippen molar-refractivity contribution < 1.29 is 0 Å². The third kappa shape index (κ3) is 1.57. The average molecular weight is 287 g/mol. The summed E-state index contributed by atoms with van der Waals surface area (Å²) in [7, 11) is 0. The largest absolute Gasteiger partial charge is 0.341 e. The van der Waals surface area contributed by atoms with Gasteiger partial charge in [-0.1, -0.05) is 0 Å². The summed E-state index contributed by atoms with van der Waals surface area (Å²) in [6.45, 7) is 8.37. The predicted molar refractivity (Wildman–Crippen MR) is 81.8 cm³/mol. The molecule has 0 bridgehead atoms. The molecule has 3 aromatic heterocycles. The Morgan fingerprint density at radius 2 is 1.80 bits per heavy atom. The van der Waals surface area contributed by atoms with Gasteiger partial charge >= 0.3 is 0 Å². The summed E-state index contributed by atoms with van der Waals surface area (Å²) < 4.78 is 1.93. The molecular weight excluding hydrogens is 270 g/mol. The molecule has 3 aromatic rings. The van der Waals surface area contributed by atoms with Gasteiger partial charge in [-0.3, -0.25) is 0 Å². The van der Waals surface area contributed by atoms with E-state index in [1.807, 2.05) is 11.4 Å². The lowest BCUT2D eigenvalue weighted by atomic mass is 10.2. The van der Waals surface area contributed by atoms with Gasteiger partial charge in [0.15, 0.2) is 5.65 Å². The topological polar surface area (TPSA) is 46.3 Å². The Morgan fingerprint density at radius 1 is 1.05 bits per heavy atom. The first-order chi connectivity index (χ1) is 9.65. The van der Waals surface area contributed by atoms with E-state index in [4.69, 9.17) is 4.98 Å². The van der Waals surface area contributed by atoms with E-state index in [0.29, 0.717) is 0 Å². The van der Waals surface area contributed by atoms with Crippen LogP contribution < -0.4 is 4.90 Å². The summed E-state index contributed by atoms with van der Waals surface area (Å²) in [6.07, 6.45) is 2.47. The van der Waals surface area contributed by atoms with Crippen LogP contribution >= 0.6 is 11.3 Å². The quantitative estimate of drug-likeness (QED) is 0.690. The molecule has 5 nitrogen and oxygen atoms in total. The van der Waals surface area contributed by atoms with E-state index in [1.54, 1.807) is 11.3 Å². The molecule has 104 valence electrons. The Labute approximate surface area is 121 Å². The zero-order valence-electron chi connectivity index (χ0n) is 12.0. The molecule has 0 unspecified atom stereocenters. The number of hydrogen-bond donors (Lipinski definition) is 0. The van der Waals surface area contributed by atoms with Crippen molar-refractivity contribution in [2.45, 2.75) is 33.6 Å². The Hall–Kier alpha value is -1.69. The summed E-state index contributed by atoms with van der Waals surface area (Å²) >= 11 is 1.76. The molecule has 0 radical (unpaired) electrons. The number of rotatable bonds is 1. The summed E-state index contributed by atoms with van der Waals surface area (Å²) in [6, 6.07) is 0. The van der Waals surface area contributed by atoms with Gasteiger partial charge < -0.3 is 4.90 Å². The van der Waals surface area contributed by atoms with Crippen molar-refractivity contribution in [2.24, 2.45) is 0 Å². The van der Waals surface area contributed by atoms with Gasteiger partial charge in [0.2, 0.25) is 5.95 Å². The minimum Gasteiger partial charge on any atom is -0.341 e. The van der Waals surface area contributed by atoms with Crippen LogP contribution in [0.2, 0.25) is 0 Å². The van der Waals surface area contributed by atoms with Gasteiger partial charge in [-0.05, 0) is 39.2 Å². The van der Waals surface area contributed by atoms with Gasteiger partial charge in [-0.25, -0.2) is 9.97 Å². The van der Waals surface area contributed by atoms with Crippen molar-refractivity contribution in [3.8, 4) is 0 Å². The monoisotopic (exact) mass is 287 g/mol. The lowest BCUT2D eigenvalue weighted by Crippen LogP contribution is -2.22. The van der Waals surface area contributed by atoms with Crippen molar-refractivity contribution in [3.63, 3.8) is 0 Å². The summed E-state index contributed by atoms with van der Waals surface area (Å²) in [4.78, 5) is 14.2. The maximum Gasteiger partial charge on any atom is 0.229 e. The first kappa shape index (κ1) is 12.1. The summed E-state index contributed by atoms with van der Waals surface area (Å²) in [5.74, 6) is 1.76. The number of nitrogens with zero attached hydrogens (tertiary/aromatic N) is 5. The van der Waals surface area contributed by atoms with Gasteiger partial charge in [-0.2, -0.15) is 4.52 Å². The van der Waals surface area contributed by atoms with E-state index in [1.165, 1.54) is 23.3 Å². The fraction of sp³-hybridized carbons (Fsp3) is 0.500. The van der Waals surface area contributed by atoms with E-state index >= 15 is 0 Å². The molecule has 0 spiro atoms. The van der Waals surface area contributed by atoms with Gasteiger partial charge in [0.1, 0.15) is 10.7 Å². The number of thiophene rings is 1. The van der Waals surface area contributed by atoms with E-state index in [0.717, 1.165) is 40.7 Å². The number of fused-ring (bicyclic) bond motifs is 3. The molecular formula is C14H17N5S. The second-order valence-electron chi connectivity index (χ2n) is 5.46. The molecule has 0 N–H and O–H groups in total. The summed E-state index contributed by atoms with van der Waals surface area (Å²) in [5.41, 5.74) is 2.24. The number of aryl methyl sites for hydroxylation is 3. The predicted octanol–water partition coefficient (Wildman–Crippen LogP) is 2.86. The average Bonchev–Trinajstić information content (AvgIpc) is 3.09. The van der Waals surface area contributed by atoms with Crippen LogP contribution in [0.4, 0.5) is 5.95 Å². The molecule has 0 aromatic carbocycles. The van der Waals surface area contributed by atoms with Gasteiger partial charge in [0.25, 0.3) is 0 Å². The fourth-order valence-corrected chi connectivity index (χ4v) is 3.95. The fourth-order valence-electron chi connectivity index (χ4n) is 2.93. The smallest absolute Gasteiger partial charge is 0.229 e. The number of hydrogen-bond acceptors (Lipinski definition) is 5. The normalized spacial score (nSPS) is 15.8. The second kappa shape index (κ2) is 4.15. The van der Waals surface area contributed by atoms with Crippen molar-refractivity contribution in [3.05, 3.63) is 16.3 Å². The molecule has 4 rings (SSSR count). The van der Waals surface area contributed by atoms with E-state index in [9.17, 15) is 0 Å². The van der Waals surface area contributed by atoms with E-state index in [-0.39, 0.29) is 0 Å². The Kier molecular flexibility index (Phi) is 2.51. The lowest BCUT2D eigenvalue weighted by Gasteiger charge is -2.16. The van der Waals surface area contributed by atoms with E-state index in [2.05, 4.69) is 28.8 Å². The van der Waals surface area contributed by atoms with E-state index < -0.39 is 0 Å². The third-order valence-electron chi connectivity index (χ3n) is 4.08. The standard InChI is InChI=1S/C14H17N5S/c1-8-9(2)20-13-11(8)12-15-10(3)17-19(12)14(16-13)18-6-4-5-7-18/h4-7H2,1-3H3. The Morgan fingerprint density at radius 3 is 2.55 bits per heavy atom. The van der Waals surface area contributed by atoms with Crippen LogP contribution in [0.1, 0.15) is 29.1 Å². The highest BCUT2D eigenvalue weighted by Gasteiger charge is 2.22. The Bertz CT molecular complexity index is 810. The molecule has 0 aliphatic carbocycles. The Balaban J connectivity index is 2.11. The lowest BCUT2D eigenvalue weighted by molar-refractivity contribution is 0.826. The van der Waals surface area contributed by atoms with Crippen molar-refractivity contribution >= 4 is 33.1 Å². The molecule has 0 saturated carbocycles. The molecule has 0 amide bonds. The van der Waals surface area contributed by atoms with Crippen molar-refractivity contribution in [1.29, 1.82) is 0 Å². The van der Waals surface area contributed by atoms with Crippen LogP contribution in [0, 0.1) is 20.8 Å². The first-order valence-electron chi connectivity index (χ1n) is 7.03. The molecule has 20 heavy (non-hydrogen) atoms. The second-order valence-corrected chi connectivity index (χ2v) is 6.67. The highest BCUT2D eigenvalue weighted by Crippen LogP contribution is 2.34. The minimum atomic E-state index is 0.808. The molecule has 6 heteroatoms. The van der Waals surface area contributed by atoms with Crippen LogP contribution in [0.25, 0.3) is 15.9 Å². The van der Waals surface area contributed by atoms with Gasteiger partial charge in [0.05, 0.1) is 5.39 Å². The SMILES string of the molecule is Cc1nc2c3c(C)c(C)sc3nc(N3CCCC3)n2n1. The third-order valence-corrected chi connectivity index (χ3v) is 5.18. The van der Waals surface area contributed by atoms with Crippen LogP contribution in [-0.2, 0) is 0 Å². The maximum absolute atomic E-state index is 4.89. The van der Waals surface area contributed by atoms with Crippen molar-refractivity contribution in [1.82, 2.24) is 19.6 Å². The van der Waals surface area contributed by atoms with Gasteiger partial charge in [-0.15, -0.1) is 16.4 Å². The molecule has 1 aliphatic rings. The molecule has 0 atom stereocenters.